The van der Waals surface area contributed by atoms with Crippen LogP contribution in [0.4, 0.5) is 4.39 Å². The van der Waals surface area contributed by atoms with E-state index in [0.29, 0.717) is 18.6 Å². The van der Waals surface area contributed by atoms with Crippen molar-refractivity contribution >= 4 is 0 Å². The first-order valence-corrected chi connectivity index (χ1v) is 6.74. The van der Waals surface area contributed by atoms with Crippen LogP contribution in [0.15, 0.2) is 24.3 Å². The molecule has 2 rings (SSSR count). The van der Waals surface area contributed by atoms with Gasteiger partial charge in [-0.2, -0.15) is 0 Å². The summed E-state index contributed by atoms with van der Waals surface area (Å²) in [7, 11) is 3.36. The van der Waals surface area contributed by atoms with Gasteiger partial charge in [0.15, 0.2) is 0 Å². The van der Waals surface area contributed by atoms with Gasteiger partial charge in [0.2, 0.25) is 0 Å². The SMILES string of the molecule is COCC(CNC1CC(c2ccccc2F)C1)OC. The second kappa shape index (κ2) is 6.98. The minimum absolute atomic E-state index is 0.0810. The molecule has 106 valence electrons. The zero-order chi connectivity index (χ0) is 13.7. The minimum Gasteiger partial charge on any atom is -0.382 e. The van der Waals surface area contributed by atoms with Gasteiger partial charge in [0.05, 0.1) is 12.7 Å². The van der Waals surface area contributed by atoms with Gasteiger partial charge in [0, 0.05) is 26.8 Å². The lowest BCUT2D eigenvalue weighted by atomic mass is 9.75. The fourth-order valence-electron chi connectivity index (χ4n) is 2.54. The molecule has 1 aliphatic rings. The molecule has 0 saturated heterocycles. The Morgan fingerprint density at radius 2 is 2.05 bits per heavy atom. The van der Waals surface area contributed by atoms with Crippen molar-refractivity contribution in [3.63, 3.8) is 0 Å². The Balaban J connectivity index is 1.73. The zero-order valence-electron chi connectivity index (χ0n) is 11.6. The predicted octanol–water partition coefficient (Wildman–Crippen LogP) is 2.32. The quantitative estimate of drug-likeness (QED) is 0.822. The summed E-state index contributed by atoms with van der Waals surface area (Å²) in [5.41, 5.74) is 0.848. The molecule has 0 radical (unpaired) electrons. The number of ether oxygens (including phenoxy) is 2. The van der Waals surface area contributed by atoms with Crippen LogP contribution < -0.4 is 5.32 Å². The van der Waals surface area contributed by atoms with Gasteiger partial charge in [-0.1, -0.05) is 18.2 Å². The van der Waals surface area contributed by atoms with E-state index in [9.17, 15) is 4.39 Å². The van der Waals surface area contributed by atoms with E-state index in [-0.39, 0.29) is 11.9 Å². The third-order valence-electron chi connectivity index (χ3n) is 3.80. The fourth-order valence-corrected chi connectivity index (χ4v) is 2.54. The van der Waals surface area contributed by atoms with Crippen LogP contribution in [0.2, 0.25) is 0 Å². The van der Waals surface area contributed by atoms with Crippen LogP contribution in [0.5, 0.6) is 0 Å². The first kappa shape index (κ1) is 14.4. The molecule has 0 amide bonds. The molecule has 0 bridgehead atoms. The Hall–Kier alpha value is -0.970. The van der Waals surface area contributed by atoms with E-state index < -0.39 is 0 Å². The smallest absolute Gasteiger partial charge is 0.126 e. The lowest BCUT2D eigenvalue weighted by molar-refractivity contribution is 0.0251. The molecule has 4 heteroatoms. The van der Waals surface area contributed by atoms with Gasteiger partial charge in [-0.3, -0.25) is 0 Å². The molecule has 1 aromatic rings. The van der Waals surface area contributed by atoms with Crippen LogP contribution in [0, 0.1) is 5.82 Å². The molecule has 3 nitrogen and oxygen atoms in total. The highest BCUT2D eigenvalue weighted by atomic mass is 19.1. The van der Waals surface area contributed by atoms with E-state index in [2.05, 4.69) is 5.32 Å². The summed E-state index contributed by atoms with van der Waals surface area (Å²) in [6.45, 7) is 1.37. The fraction of sp³-hybridized carbons (Fsp3) is 0.600. The Labute approximate surface area is 114 Å². The van der Waals surface area contributed by atoms with Crippen molar-refractivity contribution in [3.05, 3.63) is 35.6 Å². The first-order chi connectivity index (χ1) is 9.24. The number of hydrogen-bond donors (Lipinski definition) is 1. The summed E-state index contributed by atoms with van der Waals surface area (Å²) in [6, 6.07) is 7.52. The van der Waals surface area contributed by atoms with Gasteiger partial charge in [0.25, 0.3) is 0 Å². The average molecular weight is 267 g/mol. The third kappa shape index (κ3) is 3.75. The number of halogens is 1. The van der Waals surface area contributed by atoms with Gasteiger partial charge in [0.1, 0.15) is 5.82 Å². The predicted molar refractivity (Wildman–Crippen MR) is 72.8 cm³/mol. The molecule has 1 saturated carbocycles. The van der Waals surface area contributed by atoms with Crippen molar-refractivity contribution in [3.8, 4) is 0 Å². The van der Waals surface area contributed by atoms with Crippen LogP contribution in [-0.2, 0) is 9.47 Å². The van der Waals surface area contributed by atoms with Crippen molar-refractivity contribution in [1.82, 2.24) is 5.32 Å². The van der Waals surface area contributed by atoms with Gasteiger partial charge < -0.3 is 14.8 Å². The summed E-state index contributed by atoms with van der Waals surface area (Å²) >= 11 is 0. The number of rotatable bonds is 7. The summed E-state index contributed by atoms with van der Waals surface area (Å²) in [5.74, 6) is 0.266. The highest BCUT2D eigenvalue weighted by Gasteiger charge is 2.31. The summed E-state index contributed by atoms with van der Waals surface area (Å²) in [6.07, 6.45) is 2.06. The van der Waals surface area contributed by atoms with Crippen LogP contribution in [-0.4, -0.2) is 39.5 Å². The molecule has 1 unspecified atom stereocenters. The Morgan fingerprint density at radius 3 is 2.68 bits per heavy atom. The molecule has 0 aromatic heterocycles. The number of hydrogen-bond acceptors (Lipinski definition) is 3. The summed E-state index contributed by atoms with van der Waals surface area (Å²) in [4.78, 5) is 0. The van der Waals surface area contributed by atoms with Crippen molar-refractivity contribution in [2.24, 2.45) is 0 Å². The largest absolute Gasteiger partial charge is 0.382 e. The van der Waals surface area contributed by atoms with Crippen LogP contribution in [0.25, 0.3) is 0 Å². The van der Waals surface area contributed by atoms with Crippen molar-refractivity contribution in [1.29, 1.82) is 0 Å². The van der Waals surface area contributed by atoms with E-state index in [0.717, 1.165) is 24.9 Å². The van der Waals surface area contributed by atoms with Crippen molar-refractivity contribution < 1.29 is 13.9 Å². The number of benzene rings is 1. The maximum atomic E-state index is 13.6. The zero-order valence-corrected chi connectivity index (χ0v) is 11.6. The molecule has 1 N–H and O–H groups in total. The maximum Gasteiger partial charge on any atom is 0.126 e. The molecular weight excluding hydrogens is 245 g/mol. The lowest BCUT2D eigenvalue weighted by Crippen LogP contribution is -2.44. The van der Waals surface area contributed by atoms with E-state index >= 15 is 0 Å². The van der Waals surface area contributed by atoms with Crippen LogP contribution in [0.3, 0.4) is 0 Å². The average Bonchev–Trinajstić information content (AvgIpc) is 2.37. The van der Waals surface area contributed by atoms with E-state index in [1.807, 2.05) is 12.1 Å². The lowest BCUT2D eigenvalue weighted by Gasteiger charge is -2.37. The van der Waals surface area contributed by atoms with Gasteiger partial charge in [-0.25, -0.2) is 4.39 Å². The molecule has 1 fully saturated rings. The standard InChI is InChI=1S/C15H22FNO2/c1-18-10-13(19-2)9-17-12-7-11(8-12)14-5-3-4-6-15(14)16/h3-6,11-13,17H,7-10H2,1-2H3. The molecule has 0 heterocycles. The van der Waals surface area contributed by atoms with Crippen LogP contribution in [0.1, 0.15) is 24.3 Å². The molecular formula is C15H22FNO2. The molecule has 1 atom stereocenters. The van der Waals surface area contributed by atoms with Gasteiger partial charge in [-0.05, 0) is 30.4 Å². The molecule has 0 aliphatic heterocycles. The highest BCUT2D eigenvalue weighted by Crippen LogP contribution is 2.37. The first-order valence-electron chi connectivity index (χ1n) is 6.74. The van der Waals surface area contributed by atoms with E-state index in [1.54, 1.807) is 20.3 Å². The number of methoxy groups -OCH3 is 2. The normalized spacial score (nSPS) is 23.9. The topological polar surface area (TPSA) is 30.5 Å². The van der Waals surface area contributed by atoms with Crippen LogP contribution >= 0.6 is 0 Å². The van der Waals surface area contributed by atoms with Gasteiger partial charge >= 0.3 is 0 Å². The second-order valence-electron chi connectivity index (χ2n) is 5.11. The maximum absolute atomic E-state index is 13.6. The highest BCUT2D eigenvalue weighted by molar-refractivity contribution is 5.24. The van der Waals surface area contributed by atoms with Gasteiger partial charge in [-0.15, -0.1) is 0 Å². The molecule has 0 spiro atoms. The van der Waals surface area contributed by atoms with Crippen molar-refractivity contribution in [2.45, 2.75) is 30.9 Å². The summed E-state index contributed by atoms with van der Waals surface area (Å²) in [5, 5.41) is 3.45. The Kier molecular flexibility index (Phi) is 5.31. The number of nitrogens with one attached hydrogen (secondary N) is 1. The van der Waals surface area contributed by atoms with E-state index in [4.69, 9.17) is 9.47 Å². The Bertz CT molecular complexity index is 393. The second-order valence-corrected chi connectivity index (χ2v) is 5.11. The van der Waals surface area contributed by atoms with E-state index in [1.165, 1.54) is 6.07 Å². The third-order valence-corrected chi connectivity index (χ3v) is 3.80. The summed E-state index contributed by atoms with van der Waals surface area (Å²) < 4.78 is 24.0. The minimum atomic E-state index is -0.0832. The van der Waals surface area contributed by atoms with Crippen molar-refractivity contribution in [2.75, 3.05) is 27.4 Å². The molecule has 1 aliphatic carbocycles. The molecule has 19 heavy (non-hydrogen) atoms. The Morgan fingerprint density at radius 1 is 1.32 bits per heavy atom. The monoisotopic (exact) mass is 267 g/mol. The molecule has 1 aromatic carbocycles.